The van der Waals surface area contributed by atoms with E-state index in [0.29, 0.717) is 12.7 Å². The molecular formula is C11H19F3O3S. The fraction of sp³-hybridized carbons (Fsp3) is 0.818. The van der Waals surface area contributed by atoms with E-state index in [0.717, 1.165) is 31.8 Å². The Kier molecular flexibility index (Phi) is 7.54. The highest BCUT2D eigenvalue weighted by Crippen LogP contribution is 2.25. The minimum atomic E-state index is -4.72. The molecule has 0 aliphatic carbocycles. The molecule has 0 aromatic rings. The minimum absolute atomic E-state index is 0.486. The molecule has 0 spiro atoms. The number of unbranched alkanes of at least 4 members (excludes halogenated alkanes) is 4. The van der Waals surface area contributed by atoms with Crippen LogP contribution in [0.25, 0.3) is 0 Å². The zero-order valence-corrected chi connectivity index (χ0v) is 11.4. The van der Waals surface area contributed by atoms with E-state index in [-0.39, 0.29) is 0 Å². The normalized spacial score (nSPS) is 15.2. The van der Waals surface area contributed by atoms with Gasteiger partial charge in [-0.25, -0.2) is 0 Å². The second-order valence-corrected chi connectivity index (χ2v) is 5.64. The Balaban J connectivity index is 4.30. The molecule has 0 bridgehead atoms. The van der Waals surface area contributed by atoms with Crippen LogP contribution in [0.4, 0.5) is 13.2 Å². The highest BCUT2D eigenvalue weighted by atomic mass is 32.2. The lowest BCUT2D eigenvalue weighted by Gasteiger charge is -2.15. The van der Waals surface area contributed by atoms with Crippen molar-refractivity contribution in [2.75, 3.05) is 6.26 Å². The molecule has 0 saturated heterocycles. The van der Waals surface area contributed by atoms with Crippen LogP contribution in [0.2, 0.25) is 0 Å². The largest absolute Gasteiger partial charge is 0.419 e. The van der Waals surface area contributed by atoms with Crippen LogP contribution < -0.4 is 0 Å². The quantitative estimate of drug-likeness (QED) is 0.390. The minimum Gasteiger partial charge on any atom is -0.253 e. The summed E-state index contributed by atoms with van der Waals surface area (Å²) < 4.78 is 62.7. The van der Waals surface area contributed by atoms with Crippen LogP contribution in [0, 0.1) is 0 Å². The Labute approximate surface area is 106 Å². The molecule has 3 nitrogen and oxygen atoms in total. The molecule has 0 aliphatic rings. The molecule has 0 aliphatic heterocycles. The highest BCUT2D eigenvalue weighted by Gasteiger charge is 2.41. The Bertz CT molecular complexity index is 347. The predicted octanol–water partition coefficient (Wildman–Crippen LogP) is 3.42. The zero-order valence-electron chi connectivity index (χ0n) is 10.5. The van der Waals surface area contributed by atoms with E-state index in [9.17, 15) is 21.6 Å². The molecule has 0 amide bonds. The van der Waals surface area contributed by atoms with Gasteiger partial charge in [0.2, 0.25) is 0 Å². The Morgan fingerprint density at radius 3 is 2.28 bits per heavy atom. The first-order chi connectivity index (χ1) is 8.17. The number of allylic oxidation sites excluding steroid dienone is 1. The van der Waals surface area contributed by atoms with Crippen LogP contribution in [0.15, 0.2) is 12.2 Å². The summed E-state index contributed by atoms with van der Waals surface area (Å²) in [7, 11) is -4.13. The lowest BCUT2D eigenvalue weighted by atomic mass is 10.1. The Morgan fingerprint density at radius 1 is 1.22 bits per heavy atom. The van der Waals surface area contributed by atoms with E-state index < -0.39 is 22.4 Å². The van der Waals surface area contributed by atoms with Gasteiger partial charge >= 0.3 is 6.18 Å². The van der Waals surface area contributed by atoms with Gasteiger partial charge in [0, 0.05) is 0 Å². The molecular weight excluding hydrogens is 269 g/mol. The molecule has 0 unspecified atom stereocenters. The number of rotatable bonds is 8. The van der Waals surface area contributed by atoms with Crippen molar-refractivity contribution in [3.63, 3.8) is 0 Å². The number of hydrogen-bond donors (Lipinski definition) is 0. The van der Waals surface area contributed by atoms with E-state index in [1.54, 1.807) is 0 Å². The molecule has 0 N–H and O–H groups in total. The maximum absolute atomic E-state index is 12.4. The molecule has 0 radical (unpaired) electrons. The van der Waals surface area contributed by atoms with Crippen molar-refractivity contribution >= 4 is 10.1 Å². The number of hydrogen-bond acceptors (Lipinski definition) is 3. The van der Waals surface area contributed by atoms with Crippen LogP contribution in [0.1, 0.15) is 39.0 Å². The van der Waals surface area contributed by atoms with Crippen LogP contribution in [0.5, 0.6) is 0 Å². The molecule has 0 aromatic heterocycles. The molecule has 0 aromatic carbocycles. The monoisotopic (exact) mass is 288 g/mol. The van der Waals surface area contributed by atoms with Gasteiger partial charge in [-0.3, -0.25) is 4.18 Å². The number of halogens is 3. The molecule has 1 atom stereocenters. The smallest absolute Gasteiger partial charge is 0.253 e. The summed E-state index contributed by atoms with van der Waals surface area (Å²) in [5.41, 5.74) is 0. The summed E-state index contributed by atoms with van der Waals surface area (Å²) in [6.45, 7) is 2.04. The molecule has 18 heavy (non-hydrogen) atoms. The highest BCUT2D eigenvalue weighted by molar-refractivity contribution is 7.86. The SMILES string of the molecule is CCCCCC/C=C/[C@H](OS(C)(=O)=O)C(F)(F)F. The van der Waals surface area contributed by atoms with Crippen molar-refractivity contribution in [2.45, 2.75) is 51.3 Å². The van der Waals surface area contributed by atoms with Crippen LogP contribution in [0.3, 0.4) is 0 Å². The maximum atomic E-state index is 12.4. The van der Waals surface area contributed by atoms with E-state index in [1.165, 1.54) is 6.08 Å². The van der Waals surface area contributed by atoms with Crippen molar-refractivity contribution in [1.29, 1.82) is 0 Å². The third kappa shape index (κ3) is 9.47. The van der Waals surface area contributed by atoms with E-state index in [2.05, 4.69) is 4.18 Å². The van der Waals surface area contributed by atoms with Gasteiger partial charge in [-0.2, -0.15) is 21.6 Å². The summed E-state index contributed by atoms with van der Waals surface area (Å²) in [6.07, 6.45) is -0.130. The fourth-order valence-electron chi connectivity index (χ4n) is 1.29. The molecule has 0 rings (SSSR count). The van der Waals surface area contributed by atoms with Gasteiger partial charge < -0.3 is 0 Å². The Hall–Kier alpha value is -0.560. The topological polar surface area (TPSA) is 43.4 Å². The second-order valence-electron chi connectivity index (χ2n) is 4.04. The molecule has 7 heteroatoms. The van der Waals surface area contributed by atoms with Crippen molar-refractivity contribution in [3.05, 3.63) is 12.2 Å². The van der Waals surface area contributed by atoms with Gasteiger partial charge in [0.15, 0.2) is 6.10 Å². The molecule has 0 heterocycles. The van der Waals surface area contributed by atoms with Gasteiger partial charge in [-0.15, -0.1) is 0 Å². The van der Waals surface area contributed by atoms with E-state index in [1.807, 2.05) is 6.92 Å². The first-order valence-electron chi connectivity index (χ1n) is 5.78. The third-order valence-corrected chi connectivity index (χ3v) is 2.69. The van der Waals surface area contributed by atoms with Crippen LogP contribution >= 0.6 is 0 Å². The van der Waals surface area contributed by atoms with Gasteiger partial charge in [0.1, 0.15) is 0 Å². The summed E-state index contributed by atoms with van der Waals surface area (Å²) in [6, 6.07) is 0. The lowest BCUT2D eigenvalue weighted by molar-refractivity contribution is -0.178. The van der Waals surface area contributed by atoms with E-state index >= 15 is 0 Å². The van der Waals surface area contributed by atoms with Gasteiger partial charge in [-0.1, -0.05) is 32.3 Å². The first-order valence-corrected chi connectivity index (χ1v) is 7.60. The van der Waals surface area contributed by atoms with E-state index in [4.69, 9.17) is 0 Å². The average Bonchev–Trinajstić information content (AvgIpc) is 2.18. The van der Waals surface area contributed by atoms with Gasteiger partial charge in [0.25, 0.3) is 10.1 Å². The second kappa shape index (κ2) is 7.78. The summed E-state index contributed by atoms with van der Waals surface area (Å²) >= 11 is 0. The van der Waals surface area contributed by atoms with Crippen LogP contribution in [-0.2, 0) is 14.3 Å². The Morgan fingerprint density at radius 2 is 1.83 bits per heavy atom. The zero-order chi connectivity index (χ0) is 14.2. The lowest BCUT2D eigenvalue weighted by Crippen LogP contribution is -2.31. The summed E-state index contributed by atoms with van der Waals surface area (Å²) in [5.74, 6) is 0. The van der Waals surface area contributed by atoms with Crippen LogP contribution in [-0.4, -0.2) is 27.0 Å². The standard InChI is InChI=1S/C11H19F3O3S/c1-3-4-5-6-7-8-9-10(11(12,13)14)17-18(2,15)16/h8-10H,3-7H2,1-2H3/b9-8+/t10-/m0/s1. The molecule has 108 valence electrons. The summed E-state index contributed by atoms with van der Waals surface area (Å²) in [5, 5.41) is 0. The predicted molar refractivity (Wildman–Crippen MR) is 63.7 cm³/mol. The van der Waals surface area contributed by atoms with Gasteiger partial charge in [-0.05, 0) is 18.9 Å². The molecule has 0 saturated carbocycles. The maximum Gasteiger partial charge on any atom is 0.419 e. The average molecular weight is 288 g/mol. The molecule has 0 fully saturated rings. The fourth-order valence-corrected chi connectivity index (χ4v) is 1.84. The van der Waals surface area contributed by atoms with Crippen molar-refractivity contribution in [1.82, 2.24) is 0 Å². The first kappa shape index (κ1) is 17.4. The van der Waals surface area contributed by atoms with Crippen molar-refractivity contribution in [2.24, 2.45) is 0 Å². The third-order valence-electron chi connectivity index (χ3n) is 2.14. The van der Waals surface area contributed by atoms with Gasteiger partial charge in [0.05, 0.1) is 6.26 Å². The van der Waals surface area contributed by atoms with Crippen molar-refractivity contribution in [3.8, 4) is 0 Å². The summed E-state index contributed by atoms with van der Waals surface area (Å²) in [4.78, 5) is 0. The van der Waals surface area contributed by atoms with Crippen molar-refractivity contribution < 1.29 is 25.8 Å². The number of alkyl halides is 3.